The van der Waals surface area contributed by atoms with E-state index in [1.165, 1.54) is 0 Å². The van der Waals surface area contributed by atoms with Gasteiger partial charge in [0.1, 0.15) is 5.75 Å². The van der Waals surface area contributed by atoms with Crippen molar-refractivity contribution in [3.05, 3.63) is 28.8 Å². The molecule has 1 aromatic rings. The summed E-state index contributed by atoms with van der Waals surface area (Å²) in [4.78, 5) is 0. The summed E-state index contributed by atoms with van der Waals surface area (Å²) in [6.07, 6.45) is 1.25. The SMILES string of the molecule is CCC(C)Oc1cc(Cl)ccc1C. The smallest absolute Gasteiger partial charge is 0.124 e. The molecule has 0 radical (unpaired) electrons. The van der Waals surface area contributed by atoms with Crippen molar-refractivity contribution in [2.45, 2.75) is 33.3 Å². The number of benzene rings is 1. The molecular weight excluding hydrogens is 184 g/mol. The van der Waals surface area contributed by atoms with Crippen LogP contribution >= 0.6 is 11.6 Å². The first-order valence-corrected chi connectivity index (χ1v) is 4.94. The van der Waals surface area contributed by atoms with E-state index >= 15 is 0 Å². The Balaban J connectivity index is 2.81. The standard InChI is InChI=1S/C11H15ClO/c1-4-9(3)13-11-7-10(12)6-5-8(11)2/h5-7,9H,4H2,1-3H3. The van der Waals surface area contributed by atoms with E-state index < -0.39 is 0 Å². The fourth-order valence-electron chi connectivity index (χ4n) is 1.00. The minimum Gasteiger partial charge on any atom is -0.490 e. The molecule has 0 N–H and O–H groups in total. The first-order chi connectivity index (χ1) is 6.13. The van der Waals surface area contributed by atoms with Crippen LogP contribution < -0.4 is 4.74 Å². The second kappa shape index (κ2) is 4.52. The number of rotatable bonds is 3. The van der Waals surface area contributed by atoms with E-state index in [1.54, 1.807) is 0 Å². The Bertz CT molecular complexity index is 283. The molecule has 0 aliphatic heterocycles. The molecule has 1 unspecified atom stereocenters. The van der Waals surface area contributed by atoms with Crippen LogP contribution in [0.1, 0.15) is 25.8 Å². The molecule has 0 heterocycles. The average Bonchev–Trinajstić information content (AvgIpc) is 2.11. The molecule has 0 saturated carbocycles. The van der Waals surface area contributed by atoms with Crippen molar-refractivity contribution < 1.29 is 4.74 Å². The molecule has 0 aliphatic rings. The number of hydrogen-bond acceptors (Lipinski definition) is 1. The van der Waals surface area contributed by atoms with E-state index in [0.29, 0.717) is 0 Å². The molecule has 1 atom stereocenters. The van der Waals surface area contributed by atoms with E-state index in [1.807, 2.05) is 25.1 Å². The molecule has 0 saturated heterocycles. The van der Waals surface area contributed by atoms with Crippen LogP contribution in [-0.4, -0.2) is 6.10 Å². The summed E-state index contributed by atoms with van der Waals surface area (Å²) >= 11 is 5.86. The Hall–Kier alpha value is -0.690. The van der Waals surface area contributed by atoms with Gasteiger partial charge in [-0.05, 0) is 38.0 Å². The predicted octanol–water partition coefficient (Wildman–Crippen LogP) is 3.83. The fourth-order valence-corrected chi connectivity index (χ4v) is 1.16. The van der Waals surface area contributed by atoms with Gasteiger partial charge in [-0.3, -0.25) is 0 Å². The number of hydrogen-bond donors (Lipinski definition) is 0. The zero-order valence-corrected chi connectivity index (χ0v) is 9.06. The van der Waals surface area contributed by atoms with Crippen LogP contribution in [0.25, 0.3) is 0 Å². The summed E-state index contributed by atoms with van der Waals surface area (Å²) < 4.78 is 5.69. The normalized spacial score (nSPS) is 12.6. The van der Waals surface area contributed by atoms with Gasteiger partial charge < -0.3 is 4.74 Å². The van der Waals surface area contributed by atoms with Gasteiger partial charge in [-0.15, -0.1) is 0 Å². The summed E-state index contributed by atoms with van der Waals surface area (Å²) in [6, 6.07) is 5.71. The van der Waals surface area contributed by atoms with E-state index in [-0.39, 0.29) is 6.10 Å². The van der Waals surface area contributed by atoms with Gasteiger partial charge in [0, 0.05) is 5.02 Å². The number of ether oxygens (including phenoxy) is 1. The predicted molar refractivity (Wildman–Crippen MR) is 56.6 cm³/mol. The van der Waals surface area contributed by atoms with Gasteiger partial charge >= 0.3 is 0 Å². The molecule has 0 aliphatic carbocycles. The Morgan fingerprint density at radius 2 is 2.15 bits per heavy atom. The Morgan fingerprint density at radius 3 is 2.77 bits per heavy atom. The lowest BCUT2D eigenvalue weighted by atomic mass is 10.2. The van der Waals surface area contributed by atoms with Gasteiger partial charge in [-0.2, -0.15) is 0 Å². The molecule has 13 heavy (non-hydrogen) atoms. The van der Waals surface area contributed by atoms with Crippen LogP contribution in [-0.2, 0) is 0 Å². The van der Waals surface area contributed by atoms with Gasteiger partial charge in [0.05, 0.1) is 6.10 Å². The lowest BCUT2D eigenvalue weighted by molar-refractivity contribution is 0.216. The van der Waals surface area contributed by atoms with E-state index in [0.717, 1.165) is 22.8 Å². The molecule has 2 heteroatoms. The van der Waals surface area contributed by atoms with Gasteiger partial charge in [0.2, 0.25) is 0 Å². The van der Waals surface area contributed by atoms with Crippen molar-refractivity contribution in [2.24, 2.45) is 0 Å². The third-order valence-corrected chi connectivity index (χ3v) is 2.29. The van der Waals surface area contributed by atoms with Gasteiger partial charge in [-0.25, -0.2) is 0 Å². The van der Waals surface area contributed by atoms with E-state index in [9.17, 15) is 0 Å². The molecular formula is C11H15ClO. The molecule has 0 amide bonds. The highest BCUT2D eigenvalue weighted by atomic mass is 35.5. The van der Waals surface area contributed by atoms with E-state index in [2.05, 4.69) is 13.8 Å². The summed E-state index contributed by atoms with van der Waals surface area (Å²) in [5, 5.41) is 0.726. The van der Waals surface area contributed by atoms with Crippen molar-refractivity contribution in [3.8, 4) is 5.75 Å². The maximum atomic E-state index is 5.86. The third-order valence-electron chi connectivity index (χ3n) is 2.05. The number of aryl methyl sites for hydroxylation is 1. The maximum Gasteiger partial charge on any atom is 0.124 e. The summed E-state index contributed by atoms with van der Waals surface area (Å²) in [5.41, 5.74) is 1.13. The summed E-state index contributed by atoms with van der Waals surface area (Å²) in [5.74, 6) is 0.891. The molecule has 1 rings (SSSR count). The van der Waals surface area contributed by atoms with Crippen molar-refractivity contribution in [3.63, 3.8) is 0 Å². The van der Waals surface area contributed by atoms with Crippen molar-refractivity contribution in [1.82, 2.24) is 0 Å². The highest BCUT2D eigenvalue weighted by Crippen LogP contribution is 2.23. The first-order valence-electron chi connectivity index (χ1n) is 4.56. The molecule has 0 spiro atoms. The second-order valence-corrected chi connectivity index (χ2v) is 3.68. The lowest BCUT2D eigenvalue weighted by Gasteiger charge is -2.14. The zero-order chi connectivity index (χ0) is 9.84. The maximum absolute atomic E-state index is 5.86. The molecule has 0 bridgehead atoms. The molecule has 72 valence electrons. The topological polar surface area (TPSA) is 9.23 Å². The highest BCUT2D eigenvalue weighted by molar-refractivity contribution is 6.30. The quantitative estimate of drug-likeness (QED) is 0.718. The Morgan fingerprint density at radius 1 is 1.46 bits per heavy atom. The van der Waals surface area contributed by atoms with Gasteiger partial charge in [-0.1, -0.05) is 24.6 Å². The van der Waals surface area contributed by atoms with E-state index in [4.69, 9.17) is 16.3 Å². The van der Waals surface area contributed by atoms with Gasteiger partial charge in [0.25, 0.3) is 0 Å². The first kappa shape index (κ1) is 10.4. The van der Waals surface area contributed by atoms with Crippen molar-refractivity contribution in [2.75, 3.05) is 0 Å². The highest BCUT2D eigenvalue weighted by Gasteiger charge is 2.04. The van der Waals surface area contributed by atoms with Gasteiger partial charge in [0.15, 0.2) is 0 Å². The van der Waals surface area contributed by atoms with Crippen LogP contribution in [0.2, 0.25) is 5.02 Å². The molecule has 1 aromatic carbocycles. The summed E-state index contributed by atoms with van der Waals surface area (Å²) in [6.45, 7) is 6.18. The van der Waals surface area contributed by atoms with Crippen LogP contribution in [0.15, 0.2) is 18.2 Å². The monoisotopic (exact) mass is 198 g/mol. The zero-order valence-electron chi connectivity index (χ0n) is 8.30. The van der Waals surface area contributed by atoms with Crippen LogP contribution in [0, 0.1) is 6.92 Å². The number of halogens is 1. The Kier molecular flexibility index (Phi) is 3.61. The molecule has 0 fully saturated rings. The third kappa shape index (κ3) is 2.92. The molecule has 1 nitrogen and oxygen atoms in total. The van der Waals surface area contributed by atoms with Crippen molar-refractivity contribution in [1.29, 1.82) is 0 Å². The molecule has 0 aromatic heterocycles. The van der Waals surface area contributed by atoms with Crippen molar-refractivity contribution >= 4 is 11.6 Å². The summed E-state index contributed by atoms with van der Waals surface area (Å²) in [7, 11) is 0. The second-order valence-electron chi connectivity index (χ2n) is 3.25. The van der Waals surface area contributed by atoms with Crippen LogP contribution in [0.3, 0.4) is 0 Å². The average molecular weight is 199 g/mol. The minimum atomic E-state index is 0.247. The largest absolute Gasteiger partial charge is 0.490 e. The fraction of sp³-hybridized carbons (Fsp3) is 0.455. The minimum absolute atomic E-state index is 0.247. The van der Waals surface area contributed by atoms with Crippen LogP contribution in [0.4, 0.5) is 0 Å². The lowest BCUT2D eigenvalue weighted by Crippen LogP contribution is -2.10. The van der Waals surface area contributed by atoms with Crippen LogP contribution in [0.5, 0.6) is 5.75 Å². The Labute approximate surface area is 84.7 Å².